The second kappa shape index (κ2) is 5.64. The minimum absolute atomic E-state index is 0.0495. The molecule has 100 valence electrons. The lowest BCUT2D eigenvalue weighted by Gasteiger charge is -2.34. The lowest BCUT2D eigenvalue weighted by molar-refractivity contribution is 0.330. The van der Waals surface area contributed by atoms with Gasteiger partial charge < -0.3 is 4.74 Å². The van der Waals surface area contributed by atoms with E-state index in [2.05, 4.69) is 39.8 Å². The summed E-state index contributed by atoms with van der Waals surface area (Å²) in [5, 5.41) is 0. The fourth-order valence-corrected chi connectivity index (χ4v) is 3.66. The number of hydrogen-bond donors (Lipinski definition) is 0. The fourth-order valence-electron chi connectivity index (χ4n) is 2.58. The maximum absolute atomic E-state index is 5.79. The Balaban J connectivity index is 2.79. The molecule has 0 amide bonds. The van der Waals surface area contributed by atoms with Crippen molar-refractivity contribution >= 4 is 18.5 Å². The van der Waals surface area contributed by atoms with Crippen LogP contribution in [0.2, 0.25) is 0 Å². The zero-order valence-corrected chi connectivity index (χ0v) is 12.6. The second-order valence-electron chi connectivity index (χ2n) is 4.49. The maximum atomic E-state index is 5.79. The number of ether oxygens (including phenoxy) is 1. The first-order valence-electron chi connectivity index (χ1n) is 6.32. The summed E-state index contributed by atoms with van der Waals surface area (Å²) >= 11 is 1.68. The molecule has 0 saturated carbocycles. The number of fused-ring (bicyclic) bond motifs is 1. The van der Waals surface area contributed by atoms with Crippen molar-refractivity contribution in [1.82, 2.24) is 0 Å². The highest BCUT2D eigenvalue weighted by atomic mass is 32.2. The van der Waals surface area contributed by atoms with Crippen molar-refractivity contribution in [3.05, 3.63) is 94.9 Å². The zero-order valence-electron chi connectivity index (χ0n) is 11.7. The summed E-state index contributed by atoms with van der Waals surface area (Å²) < 4.78 is 5.79. The van der Waals surface area contributed by atoms with Gasteiger partial charge in [0.25, 0.3) is 6.71 Å². The third-order valence-electron chi connectivity index (χ3n) is 3.47. The standard InChI is InChI=1S/C17H17BOS/c1-7-13-12(6)20-16(10-4)17-11(5)19-15(9-3)14(8-2)18(13)17/h7-10H,1-5H2,6H3. The molecule has 0 aromatic carbocycles. The van der Waals surface area contributed by atoms with Gasteiger partial charge in [-0.2, -0.15) is 0 Å². The van der Waals surface area contributed by atoms with Crippen molar-refractivity contribution in [2.24, 2.45) is 0 Å². The average molecular weight is 280 g/mol. The largest absolute Gasteiger partial charge is 0.459 e. The van der Waals surface area contributed by atoms with Crippen LogP contribution in [0.3, 0.4) is 0 Å². The van der Waals surface area contributed by atoms with Crippen LogP contribution in [0.1, 0.15) is 6.92 Å². The molecule has 0 fully saturated rings. The van der Waals surface area contributed by atoms with E-state index in [4.69, 9.17) is 4.74 Å². The monoisotopic (exact) mass is 280 g/mol. The van der Waals surface area contributed by atoms with Crippen molar-refractivity contribution in [2.45, 2.75) is 6.92 Å². The smallest absolute Gasteiger partial charge is 0.253 e. The van der Waals surface area contributed by atoms with Crippen LogP contribution in [0.4, 0.5) is 0 Å². The minimum atomic E-state index is 0.0495. The molecule has 2 aliphatic heterocycles. The molecule has 0 unspecified atom stereocenters. The summed E-state index contributed by atoms with van der Waals surface area (Å²) in [6.45, 7) is 21.8. The summed E-state index contributed by atoms with van der Waals surface area (Å²) in [6, 6.07) is 0. The van der Waals surface area contributed by atoms with Gasteiger partial charge in [-0.3, -0.25) is 0 Å². The fraction of sp³-hybridized carbons (Fsp3) is 0.0588. The van der Waals surface area contributed by atoms with Gasteiger partial charge in [0.1, 0.15) is 11.5 Å². The maximum Gasteiger partial charge on any atom is 0.253 e. The van der Waals surface area contributed by atoms with Gasteiger partial charge in [-0.25, -0.2) is 0 Å². The van der Waals surface area contributed by atoms with Crippen LogP contribution >= 0.6 is 11.8 Å². The Bertz CT molecular complexity index is 631. The highest BCUT2D eigenvalue weighted by molar-refractivity contribution is 8.07. The second-order valence-corrected chi connectivity index (χ2v) is 5.74. The summed E-state index contributed by atoms with van der Waals surface area (Å²) in [7, 11) is 0. The molecular formula is C17H17BOS. The van der Waals surface area contributed by atoms with Gasteiger partial charge in [-0.05, 0) is 28.8 Å². The molecule has 0 radical (unpaired) electrons. The van der Waals surface area contributed by atoms with Crippen molar-refractivity contribution in [3.8, 4) is 0 Å². The SMILES string of the molecule is C=CC1=C(C=C)B2C(C=C)=C(C)SC(C=C)=C2C(=C)O1. The normalized spacial score (nSPS) is 18.6. The van der Waals surface area contributed by atoms with E-state index >= 15 is 0 Å². The first kappa shape index (κ1) is 14.5. The molecule has 0 aliphatic carbocycles. The molecule has 0 aromatic rings. The first-order valence-corrected chi connectivity index (χ1v) is 7.14. The molecule has 0 N–H and O–H groups in total. The van der Waals surface area contributed by atoms with Gasteiger partial charge in [0.05, 0.1) is 0 Å². The van der Waals surface area contributed by atoms with E-state index < -0.39 is 0 Å². The Morgan fingerprint density at radius 1 is 1.00 bits per heavy atom. The Labute approximate surface area is 125 Å². The van der Waals surface area contributed by atoms with Gasteiger partial charge in [0.15, 0.2) is 0 Å². The van der Waals surface area contributed by atoms with Crippen LogP contribution in [0.25, 0.3) is 0 Å². The molecule has 2 aliphatic rings. The quantitative estimate of drug-likeness (QED) is 0.676. The van der Waals surface area contributed by atoms with E-state index in [0.29, 0.717) is 11.5 Å². The van der Waals surface area contributed by atoms with Crippen LogP contribution in [-0.2, 0) is 4.74 Å². The number of rotatable bonds is 4. The van der Waals surface area contributed by atoms with E-state index in [1.54, 1.807) is 17.8 Å². The highest BCUT2D eigenvalue weighted by Gasteiger charge is 2.39. The van der Waals surface area contributed by atoms with E-state index in [0.717, 1.165) is 21.3 Å². The molecule has 0 bridgehead atoms. The van der Waals surface area contributed by atoms with Gasteiger partial charge in [0.2, 0.25) is 0 Å². The molecule has 1 nitrogen and oxygen atoms in total. The number of thioether (sulfide) groups is 1. The van der Waals surface area contributed by atoms with Crippen molar-refractivity contribution in [2.75, 3.05) is 0 Å². The third kappa shape index (κ3) is 2.08. The average Bonchev–Trinajstić information content (AvgIpc) is 2.45. The third-order valence-corrected chi connectivity index (χ3v) is 4.62. The van der Waals surface area contributed by atoms with E-state index in [-0.39, 0.29) is 6.71 Å². The van der Waals surface area contributed by atoms with Crippen LogP contribution in [0, 0.1) is 0 Å². The van der Waals surface area contributed by atoms with Gasteiger partial charge in [0, 0.05) is 4.91 Å². The van der Waals surface area contributed by atoms with Crippen molar-refractivity contribution in [1.29, 1.82) is 0 Å². The summed E-state index contributed by atoms with van der Waals surface area (Å²) in [5.74, 6) is 1.35. The van der Waals surface area contributed by atoms with Crippen LogP contribution < -0.4 is 0 Å². The first-order chi connectivity index (χ1) is 9.58. The predicted molar refractivity (Wildman–Crippen MR) is 91.1 cm³/mol. The van der Waals surface area contributed by atoms with Crippen LogP contribution in [-0.4, -0.2) is 6.71 Å². The Morgan fingerprint density at radius 2 is 1.65 bits per heavy atom. The number of allylic oxidation sites excluding steroid dienone is 8. The summed E-state index contributed by atoms with van der Waals surface area (Å²) in [5.41, 5.74) is 3.21. The molecule has 0 spiro atoms. The molecule has 2 heterocycles. The highest BCUT2D eigenvalue weighted by Crippen LogP contribution is 2.46. The molecule has 3 heteroatoms. The van der Waals surface area contributed by atoms with Crippen molar-refractivity contribution < 1.29 is 4.74 Å². The minimum Gasteiger partial charge on any atom is -0.459 e. The van der Waals surface area contributed by atoms with E-state index in [1.807, 2.05) is 18.2 Å². The van der Waals surface area contributed by atoms with Gasteiger partial charge >= 0.3 is 0 Å². The molecule has 2 rings (SSSR count). The van der Waals surface area contributed by atoms with Gasteiger partial charge in [-0.1, -0.05) is 68.4 Å². The Hall–Kier alpha value is -1.87. The van der Waals surface area contributed by atoms with E-state index in [9.17, 15) is 0 Å². The van der Waals surface area contributed by atoms with Crippen LogP contribution in [0.15, 0.2) is 94.9 Å². The molecule has 0 atom stereocenters. The Kier molecular flexibility index (Phi) is 4.10. The number of hydrogen-bond acceptors (Lipinski definition) is 2. The molecule has 0 saturated heterocycles. The molecular weight excluding hydrogens is 263 g/mol. The summed E-state index contributed by atoms with van der Waals surface area (Å²) in [4.78, 5) is 2.28. The summed E-state index contributed by atoms with van der Waals surface area (Å²) in [6.07, 6.45) is 7.27. The predicted octanol–water partition coefficient (Wildman–Crippen LogP) is 4.92. The Morgan fingerprint density at radius 3 is 2.15 bits per heavy atom. The molecule has 0 aromatic heterocycles. The van der Waals surface area contributed by atoms with Gasteiger partial charge in [-0.15, -0.1) is 0 Å². The van der Waals surface area contributed by atoms with Crippen LogP contribution in [0.5, 0.6) is 0 Å². The van der Waals surface area contributed by atoms with Crippen molar-refractivity contribution in [3.63, 3.8) is 0 Å². The topological polar surface area (TPSA) is 9.23 Å². The zero-order chi connectivity index (χ0) is 14.9. The molecule has 20 heavy (non-hydrogen) atoms. The van der Waals surface area contributed by atoms with E-state index in [1.165, 1.54) is 4.91 Å². The lowest BCUT2D eigenvalue weighted by Crippen LogP contribution is -2.32. The lowest BCUT2D eigenvalue weighted by atomic mass is 9.33.